The summed E-state index contributed by atoms with van der Waals surface area (Å²) in [7, 11) is 0. The van der Waals surface area contributed by atoms with Crippen LogP contribution in [0.3, 0.4) is 0 Å². The molecule has 2 saturated carbocycles. The van der Waals surface area contributed by atoms with Crippen LogP contribution in [-0.4, -0.2) is 18.0 Å². The van der Waals surface area contributed by atoms with Crippen molar-refractivity contribution in [3.8, 4) is 5.75 Å². The lowest BCUT2D eigenvalue weighted by molar-refractivity contribution is -0.157. The van der Waals surface area contributed by atoms with Crippen molar-refractivity contribution >= 4 is 11.9 Å². The first kappa shape index (κ1) is 35.0. The fourth-order valence-corrected chi connectivity index (χ4v) is 8.97. The summed E-state index contributed by atoms with van der Waals surface area (Å²) in [5.41, 5.74) is 2.96. The predicted molar refractivity (Wildman–Crippen MR) is 181 cm³/mol. The summed E-state index contributed by atoms with van der Waals surface area (Å²) >= 11 is 0. The first-order valence-electron chi connectivity index (χ1n) is 19.0. The third kappa shape index (κ3) is 9.83. The normalized spacial score (nSPS) is 25.6. The highest BCUT2D eigenvalue weighted by atomic mass is 16.5. The SMILES string of the molecule is CCCCCCCCCCC(=O)Oc1ccc2c(c1)CC[C@H]1[C@H]2CC[C@]2(C)[C@@H](OC(=O)CCCCCCCCCC)CC[C@@H]12. The van der Waals surface area contributed by atoms with Gasteiger partial charge in [-0.1, -0.05) is 117 Å². The zero-order chi connectivity index (χ0) is 31.2. The molecule has 0 bridgehead atoms. The van der Waals surface area contributed by atoms with Gasteiger partial charge in [0.1, 0.15) is 11.9 Å². The van der Waals surface area contributed by atoms with E-state index >= 15 is 0 Å². The number of benzene rings is 1. The summed E-state index contributed by atoms with van der Waals surface area (Å²) in [4.78, 5) is 25.3. The fraction of sp³-hybridized carbons (Fsp3) is 0.800. The molecule has 1 aromatic carbocycles. The molecule has 5 atom stereocenters. The van der Waals surface area contributed by atoms with Gasteiger partial charge in [0.2, 0.25) is 0 Å². The summed E-state index contributed by atoms with van der Waals surface area (Å²) in [5, 5.41) is 0. The maximum atomic E-state index is 12.8. The highest BCUT2D eigenvalue weighted by Gasteiger charge is 2.56. The maximum absolute atomic E-state index is 12.8. The number of unbranched alkanes of at least 4 members (excludes halogenated alkanes) is 14. The number of carbonyl (C=O) groups is 2. The molecule has 4 heteroatoms. The zero-order valence-electron chi connectivity index (χ0n) is 28.6. The largest absolute Gasteiger partial charge is 0.462 e. The Morgan fingerprint density at radius 1 is 0.727 bits per heavy atom. The van der Waals surface area contributed by atoms with Gasteiger partial charge in [-0.2, -0.15) is 0 Å². The van der Waals surface area contributed by atoms with Gasteiger partial charge in [0, 0.05) is 18.3 Å². The minimum Gasteiger partial charge on any atom is -0.462 e. The lowest BCUT2D eigenvalue weighted by atomic mass is 9.55. The zero-order valence-corrected chi connectivity index (χ0v) is 28.6. The van der Waals surface area contributed by atoms with Crippen molar-refractivity contribution in [3.63, 3.8) is 0 Å². The second kappa shape index (κ2) is 18.3. The third-order valence-electron chi connectivity index (χ3n) is 11.6. The van der Waals surface area contributed by atoms with Crippen molar-refractivity contribution in [1.82, 2.24) is 0 Å². The number of ether oxygens (including phenoxy) is 2. The van der Waals surface area contributed by atoms with Gasteiger partial charge < -0.3 is 9.47 Å². The molecule has 0 spiro atoms. The number of hydrogen-bond acceptors (Lipinski definition) is 4. The Balaban J connectivity index is 1.20. The van der Waals surface area contributed by atoms with Gasteiger partial charge in [-0.3, -0.25) is 9.59 Å². The molecule has 0 aromatic heterocycles. The van der Waals surface area contributed by atoms with Gasteiger partial charge in [0.25, 0.3) is 0 Å². The molecule has 0 aliphatic heterocycles. The van der Waals surface area contributed by atoms with E-state index in [4.69, 9.17) is 9.47 Å². The van der Waals surface area contributed by atoms with Crippen LogP contribution in [0.15, 0.2) is 18.2 Å². The molecule has 0 radical (unpaired) electrons. The van der Waals surface area contributed by atoms with Crippen LogP contribution in [0, 0.1) is 17.3 Å². The summed E-state index contributed by atoms with van der Waals surface area (Å²) in [6, 6.07) is 6.44. The highest BCUT2D eigenvalue weighted by Crippen LogP contribution is 2.61. The van der Waals surface area contributed by atoms with E-state index in [9.17, 15) is 9.59 Å². The molecule has 248 valence electrons. The lowest BCUT2D eigenvalue weighted by Crippen LogP contribution is -2.45. The smallest absolute Gasteiger partial charge is 0.311 e. The van der Waals surface area contributed by atoms with Gasteiger partial charge in [-0.25, -0.2) is 0 Å². The Kier molecular flexibility index (Phi) is 14.6. The number of fused-ring (bicyclic) bond motifs is 5. The van der Waals surface area contributed by atoms with Gasteiger partial charge in [-0.05, 0) is 92.4 Å². The number of aryl methyl sites for hydroxylation is 1. The average Bonchev–Trinajstić information content (AvgIpc) is 3.35. The summed E-state index contributed by atoms with van der Waals surface area (Å²) < 4.78 is 12.0. The second-order valence-corrected chi connectivity index (χ2v) is 14.8. The van der Waals surface area contributed by atoms with E-state index in [-0.39, 0.29) is 23.5 Å². The second-order valence-electron chi connectivity index (χ2n) is 14.8. The van der Waals surface area contributed by atoms with Crippen LogP contribution < -0.4 is 4.74 Å². The Morgan fingerprint density at radius 2 is 1.32 bits per heavy atom. The van der Waals surface area contributed by atoms with Crippen LogP contribution in [0.2, 0.25) is 0 Å². The predicted octanol–water partition coefficient (Wildman–Crippen LogP) is 11.4. The minimum atomic E-state index is -0.0907. The molecular formula is C40H64O4. The Morgan fingerprint density at radius 3 is 1.95 bits per heavy atom. The van der Waals surface area contributed by atoms with Crippen LogP contribution in [0.5, 0.6) is 5.75 Å². The third-order valence-corrected chi connectivity index (χ3v) is 11.6. The lowest BCUT2D eigenvalue weighted by Gasteiger charge is -2.50. The molecule has 4 nitrogen and oxygen atoms in total. The molecule has 2 fully saturated rings. The molecule has 0 saturated heterocycles. The Bertz CT molecular complexity index is 1020. The van der Waals surface area contributed by atoms with Gasteiger partial charge in [-0.15, -0.1) is 0 Å². The van der Waals surface area contributed by atoms with Crippen molar-refractivity contribution in [1.29, 1.82) is 0 Å². The number of esters is 2. The van der Waals surface area contributed by atoms with Crippen LogP contribution in [0.4, 0.5) is 0 Å². The maximum Gasteiger partial charge on any atom is 0.311 e. The summed E-state index contributed by atoms with van der Waals surface area (Å²) in [6.45, 7) is 6.92. The van der Waals surface area contributed by atoms with Crippen molar-refractivity contribution < 1.29 is 19.1 Å². The molecule has 3 aliphatic rings. The first-order chi connectivity index (χ1) is 21.5. The standard InChI is InChI=1S/C40H64O4/c1-4-6-8-10-12-14-16-18-20-38(41)43-32-23-25-33-31(30-32)22-24-35-34(33)28-29-40(3)36(35)26-27-37(40)44-39(42)21-19-17-15-13-11-9-7-5-2/h23,25,30,34-37H,4-22,24,26-29H2,1-3H3/t34-,35-,36-,37-,40-/m0/s1. The van der Waals surface area contributed by atoms with E-state index in [1.807, 2.05) is 6.07 Å². The van der Waals surface area contributed by atoms with Crippen molar-refractivity contribution in [2.24, 2.45) is 17.3 Å². The molecule has 44 heavy (non-hydrogen) atoms. The van der Waals surface area contributed by atoms with E-state index in [2.05, 4.69) is 32.9 Å². The van der Waals surface area contributed by atoms with Crippen molar-refractivity contribution in [2.45, 2.75) is 187 Å². The van der Waals surface area contributed by atoms with E-state index < -0.39 is 0 Å². The molecule has 4 rings (SSSR count). The average molecular weight is 609 g/mol. The quantitative estimate of drug-likeness (QED) is 0.0839. The monoisotopic (exact) mass is 608 g/mol. The molecule has 0 N–H and O–H groups in total. The Hall–Kier alpha value is -1.84. The molecular weight excluding hydrogens is 544 g/mol. The van der Waals surface area contributed by atoms with Crippen LogP contribution in [0.1, 0.15) is 185 Å². The number of carbonyl (C=O) groups excluding carboxylic acids is 2. The van der Waals surface area contributed by atoms with Crippen molar-refractivity contribution in [2.75, 3.05) is 0 Å². The topological polar surface area (TPSA) is 52.6 Å². The summed E-state index contributed by atoms with van der Waals surface area (Å²) in [5.74, 6) is 2.52. The molecule has 3 aliphatic carbocycles. The van der Waals surface area contributed by atoms with E-state index in [1.165, 1.54) is 101 Å². The Labute approximate surface area is 269 Å². The number of hydrogen-bond donors (Lipinski definition) is 0. The molecule has 1 aromatic rings. The fourth-order valence-electron chi connectivity index (χ4n) is 8.97. The van der Waals surface area contributed by atoms with Crippen LogP contribution in [0.25, 0.3) is 0 Å². The van der Waals surface area contributed by atoms with Crippen LogP contribution in [-0.2, 0) is 20.7 Å². The van der Waals surface area contributed by atoms with E-state index in [0.29, 0.717) is 30.6 Å². The van der Waals surface area contributed by atoms with E-state index in [0.717, 1.165) is 57.1 Å². The number of rotatable bonds is 20. The molecule has 0 amide bonds. The van der Waals surface area contributed by atoms with E-state index in [1.54, 1.807) is 0 Å². The first-order valence-corrected chi connectivity index (χ1v) is 19.0. The highest BCUT2D eigenvalue weighted by molar-refractivity contribution is 5.72. The van der Waals surface area contributed by atoms with Gasteiger partial charge in [0.05, 0.1) is 0 Å². The summed E-state index contributed by atoms with van der Waals surface area (Å²) in [6.07, 6.45) is 27.7. The van der Waals surface area contributed by atoms with Gasteiger partial charge >= 0.3 is 11.9 Å². The molecule has 0 unspecified atom stereocenters. The molecule has 0 heterocycles. The van der Waals surface area contributed by atoms with Crippen molar-refractivity contribution in [3.05, 3.63) is 29.3 Å². The van der Waals surface area contributed by atoms with Gasteiger partial charge in [0.15, 0.2) is 0 Å². The van der Waals surface area contributed by atoms with Crippen LogP contribution >= 0.6 is 0 Å². The minimum absolute atomic E-state index is 0.0310.